The predicted molar refractivity (Wildman–Crippen MR) is 88.1 cm³/mol. The molecule has 0 saturated carbocycles. The lowest BCUT2D eigenvalue weighted by Gasteiger charge is -2.16. The number of non-ortho nitro benzene ring substituents is 1. The van der Waals surface area contributed by atoms with Crippen molar-refractivity contribution < 1.29 is 14.5 Å². The minimum Gasteiger partial charge on any atom is -0.489 e. The fraction of sp³-hybridized carbons (Fsp3) is 0.278. The van der Waals surface area contributed by atoms with Crippen molar-refractivity contribution in [3.8, 4) is 5.75 Å². The van der Waals surface area contributed by atoms with E-state index < -0.39 is 4.92 Å². The number of benzene rings is 2. The molecule has 0 saturated heterocycles. The number of carbonyl (C=O) groups is 1. The van der Waals surface area contributed by atoms with Gasteiger partial charge in [-0.25, -0.2) is 0 Å². The fourth-order valence-electron chi connectivity index (χ4n) is 2.83. The minimum absolute atomic E-state index is 0.00993. The molecule has 0 spiro atoms. The summed E-state index contributed by atoms with van der Waals surface area (Å²) in [6.07, 6.45) is 0. The maximum Gasteiger partial charge on any atom is 0.273 e. The summed E-state index contributed by atoms with van der Waals surface area (Å²) in [6, 6.07) is 8.05. The molecule has 0 amide bonds. The average Bonchev–Trinajstić information content (AvgIpc) is 2.46. The monoisotopic (exact) mass is 313 g/mol. The van der Waals surface area contributed by atoms with E-state index in [1.165, 1.54) is 12.1 Å². The number of hydrogen-bond acceptors (Lipinski definition) is 4. The van der Waals surface area contributed by atoms with Crippen molar-refractivity contribution in [3.05, 3.63) is 68.3 Å². The van der Waals surface area contributed by atoms with E-state index in [0.29, 0.717) is 11.3 Å². The molecule has 120 valence electrons. The zero-order valence-electron chi connectivity index (χ0n) is 13.7. The number of Topliss-reactive ketones (excluding diaryl/α,β-unsaturated/α-hetero) is 1. The van der Waals surface area contributed by atoms with Crippen LogP contribution in [0.2, 0.25) is 0 Å². The van der Waals surface area contributed by atoms with Crippen molar-refractivity contribution in [2.24, 2.45) is 0 Å². The highest BCUT2D eigenvalue weighted by Crippen LogP contribution is 2.25. The van der Waals surface area contributed by atoms with Crippen molar-refractivity contribution >= 4 is 11.5 Å². The number of aryl methyl sites for hydroxylation is 2. The first-order chi connectivity index (χ1) is 10.8. The fourth-order valence-corrected chi connectivity index (χ4v) is 2.83. The molecular formula is C18H19NO4. The zero-order valence-corrected chi connectivity index (χ0v) is 13.7. The molecule has 2 aromatic rings. The van der Waals surface area contributed by atoms with E-state index in [1.807, 2.05) is 26.8 Å². The Morgan fingerprint density at radius 2 is 1.87 bits per heavy atom. The van der Waals surface area contributed by atoms with E-state index in [2.05, 4.69) is 0 Å². The highest BCUT2D eigenvalue weighted by atomic mass is 16.6. The third kappa shape index (κ3) is 3.56. The second-order valence-corrected chi connectivity index (χ2v) is 5.59. The summed E-state index contributed by atoms with van der Waals surface area (Å²) in [4.78, 5) is 22.2. The largest absolute Gasteiger partial charge is 0.489 e. The van der Waals surface area contributed by atoms with Crippen LogP contribution in [0.1, 0.15) is 39.5 Å². The number of nitro groups is 1. The number of rotatable bonds is 5. The summed E-state index contributed by atoms with van der Waals surface area (Å²) in [6.45, 7) is 7.61. The lowest BCUT2D eigenvalue weighted by molar-refractivity contribution is -0.384. The Morgan fingerprint density at radius 1 is 1.17 bits per heavy atom. The first kappa shape index (κ1) is 16.7. The lowest BCUT2D eigenvalue weighted by atomic mass is 9.92. The second-order valence-electron chi connectivity index (χ2n) is 5.59. The van der Waals surface area contributed by atoms with Gasteiger partial charge in [-0.15, -0.1) is 0 Å². The number of ether oxygens (including phenoxy) is 1. The third-order valence-corrected chi connectivity index (χ3v) is 3.89. The molecule has 0 heterocycles. The number of hydrogen-bond donors (Lipinski definition) is 0. The molecule has 0 aliphatic heterocycles. The van der Waals surface area contributed by atoms with Crippen LogP contribution in [0, 0.1) is 30.9 Å². The van der Waals surface area contributed by atoms with E-state index in [1.54, 1.807) is 19.1 Å². The maximum atomic E-state index is 11.8. The standard InChI is InChI=1S/C18H19NO4/c1-11-8-12(2)18(14(4)20)13(3)17(11)10-23-16-7-5-6-15(9-16)19(21)22/h5-9H,10H2,1-4H3. The molecule has 0 radical (unpaired) electrons. The smallest absolute Gasteiger partial charge is 0.273 e. The molecule has 0 atom stereocenters. The Morgan fingerprint density at radius 3 is 2.48 bits per heavy atom. The molecule has 0 bridgehead atoms. The molecule has 0 N–H and O–H groups in total. The van der Waals surface area contributed by atoms with Gasteiger partial charge in [0.05, 0.1) is 11.0 Å². The Balaban J connectivity index is 2.31. The van der Waals surface area contributed by atoms with Crippen molar-refractivity contribution in [1.29, 1.82) is 0 Å². The Hall–Kier alpha value is -2.69. The van der Waals surface area contributed by atoms with Gasteiger partial charge >= 0.3 is 0 Å². The van der Waals surface area contributed by atoms with Crippen LogP contribution in [-0.4, -0.2) is 10.7 Å². The topological polar surface area (TPSA) is 69.4 Å². The van der Waals surface area contributed by atoms with Crippen LogP contribution in [0.3, 0.4) is 0 Å². The van der Waals surface area contributed by atoms with Crippen LogP contribution in [0.25, 0.3) is 0 Å². The predicted octanol–water partition coefficient (Wildman–Crippen LogP) is 4.30. The van der Waals surface area contributed by atoms with Gasteiger partial charge in [-0.05, 0) is 56.0 Å². The van der Waals surface area contributed by atoms with Gasteiger partial charge in [0.2, 0.25) is 0 Å². The van der Waals surface area contributed by atoms with Crippen LogP contribution >= 0.6 is 0 Å². The van der Waals surface area contributed by atoms with E-state index in [0.717, 1.165) is 22.3 Å². The molecule has 5 nitrogen and oxygen atoms in total. The third-order valence-electron chi connectivity index (χ3n) is 3.89. The normalized spacial score (nSPS) is 10.4. The summed E-state index contributed by atoms with van der Waals surface area (Å²) >= 11 is 0. The molecule has 23 heavy (non-hydrogen) atoms. The Labute approximate surface area is 135 Å². The van der Waals surface area contributed by atoms with Crippen LogP contribution in [0.15, 0.2) is 30.3 Å². The molecule has 2 rings (SSSR count). The number of nitrogens with zero attached hydrogens (tertiary/aromatic N) is 1. The highest BCUT2D eigenvalue weighted by Gasteiger charge is 2.15. The molecule has 5 heteroatoms. The van der Waals surface area contributed by atoms with Gasteiger partial charge in [-0.3, -0.25) is 14.9 Å². The molecule has 0 fully saturated rings. The molecule has 2 aromatic carbocycles. The van der Waals surface area contributed by atoms with E-state index in [4.69, 9.17) is 4.74 Å². The van der Waals surface area contributed by atoms with Gasteiger partial charge in [0.1, 0.15) is 12.4 Å². The molecule has 0 aliphatic rings. The second kappa shape index (κ2) is 6.60. The number of ketones is 1. The minimum atomic E-state index is -0.455. The van der Waals surface area contributed by atoms with Gasteiger partial charge in [-0.1, -0.05) is 12.1 Å². The van der Waals surface area contributed by atoms with Gasteiger partial charge < -0.3 is 4.74 Å². The van der Waals surface area contributed by atoms with E-state index >= 15 is 0 Å². The maximum absolute atomic E-state index is 11.8. The number of carbonyl (C=O) groups excluding carboxylic acids is 1. The Bertz CT molecular complexity index is 781. The summed E-state index contributed by atoms with van der Waals surface area (Å²) in [5, 5.41) is 10.8. The molecular weight excluding hydrogens is 294 g/mol. The summed E-state index contributed by atoms with van der Waals surface area (Å²) in [7, 11) is 0. The summed E-state index contributed by atoms with van der Waals surface area (Å²) in [5.74, 6) is 0.458. The lowest BCUT2D eigenvalue weighted by Crippen LogP contribution is -2.08. The average molecular weight is 313 g/mol. The van der Waals surface area contributed by atoms with Gasteiger partial charge in [0.25, 0.3) is 5.69 Å². The van der Waals surface area contributed by atoms with Crippen LogP contribution < -0.4 is 4.74 Å². The first-order valence-electron chi connectivity index (χ1n) is 7.29. The molecule has 0 aromatic heterocycles. The quantitative estimate of drug-likeness (QED) is 0.469. The Kier molecular flexibility index (Phi) is 4.79. The molecule has 0 unspecified atom stereocenters. The number of nitro benzene ring substituents is 1. The van der Waals surface area contributed by atoms with Crippen molar-refractivity contribution in [3.63, 3.8) is 0 Å². The summed E-state index contributed by atoms with van der Waals surface area (Å²) in [5.41, 5.74) is 4.53. The van der Waals surface area contributed by atoms with Crippen LogP contribution in [0.5, 0.6) is 5.75 Å². The van der Waals surface area contributed by atoms with Crippen molar-refractivity contribution in [2.45, 2.75) is 34.3 Å². The van der Waals surface area contributed by atoms with Crippen molar-refractivity contribution in [2.75, 3.05) is 0 Å². The van der Waals surface area contributed by atoms with Gasteiger partial charge in [0, 0.05) is 11.6 Å². The van der Waals surface area contributed by atoms with Crippen molar-refractivity contribution in [1.82, 2.24) is 0 Å². The summed E-state index contributed by atoms with van der Waals surface area (Å²) < 4.78 is 5.70. The van der Waals surface area contributed by atoms with Crippen LogP contribution in [-0.2, 0) is 6.61 Å². The van der Waals surface area contributed by atoms with E-state index in [9.17, 15) is 14.9 Å². The van der Waals surface area contributed by atoms with Gasteiger partial charge in [0.15, 0.2) is 5.78 Å². The first-order valence-corrected chi connectivity index (χ1v) is 7.29. The molecule has 0 aliphatic carbocycles. The van der Waals surface area contributed by atoms with Gasteiger partial charge in [-0.2, -0.15) is 0 Å². The van der Waals surface area contributed by atoms with Crippen LogP contribution in [0.4, 0.5) is 5.69 Å². The SMILES string of the molecule is CC(=O)c1c(C)cc(C)c(COc2cccc([N+](=O)[O-])c2)c1C. The van der Waals surface area contributed by atoms with E-state index in [-0.39, 0.29) is 18.1 Å². The zero-order chi connectivity index (χ0) is 17.1. The highest BCUT2D eigenvalue weighted by molar-refractivity contribution is 5.97.